The predicted molar refractivity (Wildman–Crippen MR) is 62.9 cm³/mol. The number of nitrogens with zero attached hydrogens (tertiary/aromatic N) is 3. The van der Waals surface area contributed by atoms with Crippen LogP contribution in [0.2, 0.25) is 0 Å². The van der Waals surface area contributed by atoms with E-state index in [0.717, 1.165) is 30.3 Å². The van der Waals surface area contributed by atoms with Crippen LogP contribution in [0, 0.1) is 6.92 Å². The predicted octanol–water partition coefficient (Wildman–Crippen LogP) is 2.42. The second-order valence-corrected chi connectivity index (χ2v) is 3.95. The molecule has 1 aliphatic heterocycles. The van der Waals surface area contributed by atoms with Crippen molar-refractivity contribution in [3.8, 4) is 0 Å². The molecule has 1 aromatic rings. The first kappa shape index (κ1) is 10.1. The summed E-state index contributed by atoms with van der Waals surface area (Å²) >= 11 is 0. The van der Waals surface area contributed by atoms with Gasteiger partial charge < -0.3 is 4.90 Å². The molecule has 1 aromatic heterocycles. The van der Waals surface area contributed by atoms with Crippen molar-refractivity contribution in [2.75, 3.05) is 18.0 Å². The lowest BCUT2D eigenvalue weighted by atomic mass is 10.1. The smallest absolute Gasteiger partial charge is 0.139 e. The zero-order valence-electron chi connectivity index (χ0n) is 9.24. The van der Waals surface area contributed by atoms with Gasteiger partial charge in [0.25, 0.3) is 0 Å². The van der Waals surface area contributed by atoms with Gasteiger partial charge >= 0.3 is 0 Å². The molecule has 1 saturated heterocycles. The van der Waals surface area contributed by atoms with Crippen LogP contribution in [0.5, 0.6) is 0 Å². The fraction of sp³-hybridized carbons (Fsp3) is 0.500. The highest BCUT2D eigenvalue weighted by atomic mass is 15.2. The zero-order valence-corrected chi connectivity index (χ0v) is 9.24. The Labute approximate surface area is 90.9 Å². The third-order valence-electron chi connectivity index (χ3n) is 2.79. The van der Waals surface area contributed by atoms with Crippen LogP contribution in [0.1, 0.15) is 30.7 Å². The minimum Gasteiger partial charge on any atom is -0.356 e. The largest absolute Gasteiger partial charge is 0.356 e. The summed E-state index contributed by atoms with van der Waals surface area (Å²) in [7, 11) is 0. The summed E-state index contributed by atoms with van der Waals surface area (Å²) < 4.78 is 0. The highest BCUT2D eigenvalue weighted by Crippen LogP contribution is 2.22. The number of hydrogen-bond acceptors (Lipinski definition) is 3. The second-order valence-electron chi connectivity index (χ2n) is 3.95. The molecule has 80 valence electrons. The number of aryl methyl sites for hydroxylation is 1. The average molecular weight is 203 g/mol. The van der Waals surface area contributed by atoms with Crippen molar-refractivity contribution < 1.29 is 0 Å². The second kappa shape index (κ2) is 4.43. The van der Waals surface area contributed by atoms with Gasteiger partial charge in [-0.2, -0.15) is 0 Å². The van der Waals surface area contributed by atoms with Gasteiger partial charge in [0.15, 0.2) is 0 Å². The summed E-state index contributed by atoms with van der Waals surface area (Å²) in [6.07, 6.45) is 7.56. The van der Waals surface area contributed by atoms with Crippen LogP contribution in [0.3, 0.4) is 0 Å². The van der Waals surface area contributed by atoms with Gasteiger partial charge in [0.05, 0.1) is 0 Å². The molecule has 2 heterocycles. The van der Waals surface area contributed by atoms with Crippen LogP contribution in [0.15, 0.2) is 12.8 Å². The summed E-state index contributed by atoms with van der Waals surface area (Å²) in [6.45, 7) is 7.96. The van der Waals surface area contributed by atoms with Crippen LogP contribution in [-0.4, -0.2) is 23.1 Å². The van der Waals surface area contributed by atoms with Crippen molar-refractivity contribution in [1.82, 2.24) is 9.97 Å². The molecule has 3 heteroatoms. The molecule has 0 radical (unpaired) electrons. The van der Waals surface area contributed by atoms with Crippen molar-refractivity contribution in [3.63, 3.8) is 0 Å². The van der Waals surface area contributed by atoms with Crippen LogP contribution < -0.4 is 4.90 Å². The Morgan fingerprint density at radius 2 is 2.07 bits per heavy atom. The maximum absolute atomic E-state index is 4.51. The van der Waals surface area contributed by atoms with Gasteiger partial charge in [0.1, 0.15) is 11.6 Å². The summed E-state index contributed by atoms with van der Waals surface area (Å²) in [6, 6.07) is 0. The zero-order chi connectivity index (χ0) is 10.7. The molecule has 0 aliphatic carbocycles. The molecule has 3 nitrogen and oxygen atoms in total. The molecule has 2 rings (SSSR count). The highest BCUT2D eigenvalue weighted by molar-refractivity contribution is 5.62. The first-order valence-corrected chi connectivity index (χ1v) is 5.52. The molecule has 1 aliphatic rings. The minimum absolute atomic E-state index is 0.834. The lowest BCUT2D eigenvalue weighted by Gasteiger charge is -2.28. The lowest BCUT2D eigenvalue weighted by molar-refractivity contribution is 0.572. The van der Waals surface area contributed by atoms with Crippen molar-refractivity contribution in [1.29, 1.82) is 0 Å². The van der Waals surface area contributed by atoms with E-state index < -0.39 is 0 Å². The van der Waals surface area contributed by atoms with Gasteiger partial charge in [0.2, 0.25) is 0 Å². The third kappa shape index (κ3) is 2.17. The van der Waals surface area contributed by atoms with E-state index in [1.807, 2.05) is 19.2 Å². The monoisotopic (exact) mass is 203 g/mol. The number of hydrogen-bond donors (Lipinski definition) is 0. The summed E-state index contributed by atoms with van der Waals surface area (Å²) in [5.74, 6) is 1.89. The van der Waals surface area contributed by atoms with Crippen LogP contribution in [0.25, 0.3) is 6.08 Å². The standard InChI is InChI=1S/C12H17N3/c1-3-11-9-13-10(2)14-12(11)15-7-5-4-6-8-15/h3,9H,1,4-8H2,2H3. The Balaban J connectivity index is 2.31. The van der Waals surface area contributed by atoms with Crippen LogP contribution in [0.4, 0.5) is 5.82 Å². The summed E-state index contributed by atoms with van der Waals surface area (Å²) in [5.41, 5.74) is 1.04. The maximum atomic E-state index is 4.51. The fourth-order valence-electron chi connectivity index (χ4n) is 1.97. The van der Waals surface area contributed by atoms with Gasteiger partial charge in [-0.15, -0.1) is 0 Å². The van der Waals surface area contributed by atoms with Crippen molar-refractivity contribution in [2.45, 2.75) is 26.2 Å². The van der Waals surface area contributed by atoms with Crippen molar-refractivity contribution in [3.05, 3.63) is 24.2 Å². The molecular weight excluding hydrogens is 186 g/mol. The Morgan fingerprint density at radius 3 is 2.73 bits per heavy atom. The first-order valence-electron chi connectivity index (χ1n) is 5.52. The molecule has 0 saturated carbocycles. The minimum atomic E-state index is 0.834. The van der Waals surface area contributed by atoms with E-state index in [9.17, 15) is 0 Å². The molecule has 0 amide bonds. The van der Waals surface area contributed by atoms with E-state index in [1.165, 1.54) is 19.3 Å². The molecule has 1 fully saturated rings. The number of anilines is 1. The number of piperidine rings is 1. The summed E-state index contributed by atoms with van der Waals surface area (Å²) in [5, 5.41) is 0. The van der Waals surface area contributed by atoms with E-state index >= 15 is 0 Å². The van der Waals surface area contributed by atoms with Crippen molar-refractivity contribution in [2.24, 2.45) is 0 Å². The van der Waals surface area contributed by atoms with E-state index in [2.05, 4.69) is 21.4 Å². The molecule has 0 bridgehead atoms. The fourth-order valence-corrected chi connectivity index (χ4v) is 1.97. The normalized spacial score (nSPS) is 16.5. The molecule has 0 unspecified atom stereocenters. The van der Waals surface area contributed by atoms with Gasteiger partial charge in [-0.3, -0.25) is 0 Å². The van der Waals surface area contributed by atoms with E-state index in [1.54, 1.807) is 0 Å². The van der Waals surface area contributed by atoms with E-state index in [0.29, 0.717) is 0 Å². The first-order chi connectivity index (χ1) is 7.31. The number of aromatic nitrogens is 2. The van der Waals surface area contributed by atoms with Crippen LogP contribution in [-0.2, 0) is 0 Å². The molecule has 0 spiro atoms. The average Bonchev–Trinajstić information content (AvgIpc) is 2.30. The van der Waals surface area contributed by atoms with E-state index in [-0.39, 0.29) is 0 Å². The molecule has 0 N–H and O–H groups in total. The number of rotatable bonds is 2. The van der Waals surface area contributed by atoms with Gasteiger partial charge in [-0.1, -0.05) is 12.7 Å². The lowest BCUT2D eigenvalue weighted by Crippen LogP contribution is -2.31. The SMILES string of the molecule is C=Cc1cnc(C)nc1N1CCCCC1. The van der Waals surface area contributed by atoms with Crippen LogP contribution >= 0.6 is 0 Å². The Kier molecular flexibility index (Phi) is 2.99. The Morgan fingerprint density at radius 1 is 1.33 bits per heavy atom. The molecule has 15 heavy (non-hydrogen) atoms. The Bertz CT molecular complexity index is 354. The van der Waals surface area contributed by atoms with Crippen molar-refractivity contribution >= 4 is 11.9 Å². The topological polar surface area (TPSA) is 29.0 Å². The van der Waals surface area contributed by atoms with Gasteiger partial charge in [-0.25, -0.2) is 9.97 Å². The van der Waals surface area contributed by atoms with Gasteiger partial charge in [0, 0.05) is 24.8 Å². The Hall–Kier alpha value is -1.38. The quantitative estimate of drug-likeness (QED) is 0.739. The molecule has 0 atom stereocenters. The maximum Gasteiger partial charge on any atom is 0.139 e. The molecule has 0 aromatic carbocycles. The highest BCUT2D eigenvalue weighted by Gasteiger charge is 2.14. The third-order valence-corrected chi connectivity index (χ3v) is 2.79. The van der Waals surface area contributed by atoms with Gasteiger partial charge in [-0.05, 0) is 26.2 Å². The molecular formula is C12H17N3. The summed E-state index contributed by atoms with van der Waals surface area (Å²) in [4.78, 5) is 11.1. The van der Waals surface area contributed by atoms with E-state index in [4.69, 9.17) is 0 Å².